The average Bonchev–Trinajstić information content (AvgIpc) is 2.98. The zero-order valence-electron chi connectivity index (χ0n) is 26.2. The van der Waals surface area contributed by atoms with Crippen molar-refractivity contribution in [1.29, 1.82) is 0 Å². The van der Waals surface area contributed by atoms with E-state index in [1.54, 1.807) is 20.1 Å². The van der Waals surface area contributed by atoms with Gasteiger partial charge in [0.05, 0.1) is 36.9 Å². The second kappa shape index (κ2) is 19.6. The summed E-state index contributed by atoms with van der Waals surface area (Å²) in [5.74, 6) is -0.817. The van der Waals surface area contributed by atoms with Crippen LogP contribution in [-0.2, 0) is 32.2 Å². The minimum atomic E-state index is -0.905. The standard InChI is InChI=1S/C33H50ClN3O6/c1-6-23(3)31(33(40)36-19-25-10-8-22(2)9-11-25)37-32(39)28(24(4)38)14-13-27(35)21-42-20-26-12-15-29(34)30(18-26)43-17-7-16-41-5/h8-12,15,18,23-24,27-28,31,38H,6-7,13-14,16-17,19-21,35H2,1-5H3,(H,36,40)(H,37,39)/t23?,24?,27?,28-,31?/m0/s1. The lowest BCUT2D eigenvalue weighted by molar-refractivity contribution is -0.134. The number of carbonyl (C=O) groups excluding carboxylic acids is 2. The van der Waals surface area contributed by atoms with Crippen molar-refractivity contribution in [2.24, 2.45) is 17.6 Å². The first-order valence-corrected chi connectivity index (χ1v) is 15.5. The quantitative estimate of drug-likeness (QED) is 0.160. The van der Waals surface area contributed by atoms with Crippen LogP contribution in [0.2, 0.25) is 5.02 Å². The van der Waals surface area contributed by atoms with Gasteiger partial charge in [0.1, 0.15) is 11.8 Å². The van der Waals surface area contributed by atoms with Crippen LogP contribution >= 0.6 is 11.6 Å². The number of carbonyl (C=O) groups is 2. The topological polar surface area (TPSA) is 132 Å². The Bertz CT molecular complexity index is 1110. The first-order valence-electron chi connectivity index (χ1n) is 15.1. The maximum Gasteiger partial charge on any atom is 0.243 e. The van der Waals surface area contributed by atoms with Crippen LogP contribution in [0.1, 0.15) is 63.1 Å². The van der Waals surface area contributed by atoms with Crippen LogP contribution in [-0.4, -0.2) is 62.0 Å². The molecule has 0 heterocycles. The molecule has 0 spiro atoms. The molecule has 0 radical (unpaired) electrons. The lowest BCUT2D eigenvalue weighted by Crippen LogP contribution is -2.52. The van der Waals surface area contributed by atoms with E-state index in [4.69, 9.17) is 31.5 Å². The molecule has 0 aliphatic carbocycles. The van der Waals surface area contributed by atoms with Gasteiger partial charge in [-0.2, -0.15) is 0 Å². The van der Waals surface area contributed by atoms with Crippen molar-refractivity contribution in [2.45, 2.75) is 84.7 Å². The van der Waals surface area contributed by atoms with Gasteiger partial charge in [0, 0.05) is 32.7 Å². The molecule has 9 nitrogen and oxygen atoms in total. The zero-order chi connectivity index (χ0) is 31.8. The summed E-state index contributed by atoms with van der Waals surface area (Å²) >= 11 is 6.24. The fourth-order valence-corrected chi connectivity index (χ4v) is 4.67. The molecule has 0 aromatic heterocycles. The number of nitrogens with two attached hydrogens (primary N) is 1. The molecule has 2 aromatic carbocycles. The van der Waals surface area contributed by atoms with Crippen molar-refractivity contribution in [3.05, 3.63) is 64.2 Å². The number of hydrogen-bond acceptors (Lipinski definition) is 7. The second-order valence-electron chi connectivity index (χ2n) is 11.2. The smallest absolute Gasteiger partial charge is 0.243 e. The molecule has 4 unspecified atom stereocenters. The molecule has 2 rings (SSSR count). The number of rotatable bonds is 20. The van der Waals surface area contributed by atoms with Crippen molar-refractivity contribution >= 4 is 23.4 Å². The van der Waals surface area contributed by atoms with E-state index < -0.39 is 18.1 Å². The number of amides is 2. The minimum Gasteiger partial charge on any atom is -0.492 e. The van der Waals surface area contributed by atoms with E-state index in [0.717, 1.165) is 23.1 Å². The second-order valence-corrected chi connectivity index (χ2v) is 11.6. The summed E-state index contributed by atoms with van der Waals surface area (Å²) in [5.41, 5.74) is 9.32. The Balaban J connectivity index is 1.86. The predicted octanol–water partition coefficient (Wildman–Crippen LogP) is 4.53. The van der Waals surface area contributed by atoms with E-state index >= 15 is 0 Å². The number of benzene rings is 2. The van der Waals surface area contributed by atoms with Gasteiger partial charge < -0.3 is 35.7 Å². The molecule has 10 heteroatoms. The van der Waals surface area contributed by atoms with Crippen LogP contribution in [0, 0.1) is 18.8 Å². The summed E-state index contributed by atoms with van der Waals surface area (Å²) in [6.07, 6.45) is 1.38. The van der Waals surface area contributed by atoms with E-state index in [1.165, 1.54) is 0 Å². The Morgan fingerprint density at radius 1 is 1.02 bits per heavy atom. The SMILES string of the molecule is CCC(C)C(NC(=O)[C@@H](CCC(N)COCc1ccc(Cl)c(OCCCOC)c1)C(C)O)C(=O)NCc1ccc(C)cc1. The number of methoxy groups -OCH3 is 1. The van der Waals surface area contributed by atoms with Crippen molar-refractivity contribution in [1.82, 2.24) is 10.6 Å². The van der Waals surface area contributed by atoms with E-state index in [9.17, 15) is 14.7 Å². The molecule has 5 atom stereocenters. The van der Waals surface area contributed by atoms with Crippen LogP contribution in [0.4, 0.5) is 0 Å². The molecule has 0 aliphatic rings. The Morgan fingerprint density at radius 2 is 1.72 bits per heavy atom. The van der Waals surface area contributed by atoms with Gasteiger partial charge in [0.15, 0.2) is 0 Å². The van der Waals surface area contributed by atoms with Crippen LogP contribution in [0.25, 0.3) is 0 Å². The highest BCUT2D eigenvalue weighted by atomic mass is 35.5. The molecule has 0 fully saturated rings. The highest BCUT2D eigenvalue weighted by Crippen LogP contribution is 2.26. The molecular weight excluding hydrogens is 570 g/mol. The Morgan fingerprint density at radius 3 is 2.37 bits per heavy atom. The van der Waals surface area contributed by atoms with Gasteiger partial charge in [0.25, 0.3) is 0 Å². The summed E-state index contributed by atoms with van der Waals surface area (Å²) < 4.78 is 16.6. The Hall–Kier alpha value is -2.69. The number of nitrogens with one attached hydrogen (secondary N) is 2. The number of hydrogen-bond donors (Lipinski definition) is 4. The molecule has 2 aromatic rings. The normalized spacial score (nSPS) is 14.8. The molecule has 5 N–H and O–H groups in total. The first-order chi connectivity index (χ1) is 20.5. The van der Waals surface area contributed by atoms with Gasteiger partial charge in [0.2, 0.25) is 11.8 Å². The fraction of sp³-hybridized carbons (Fsp3) is 0.576. The van der Waals surface area contributed by atoms with Crippen molar-refractivity contribution in [2.75, 3.05) is 26.9 Å². The number of ether oxygens (including phenoxy) is 3. The predicted molar refractivity (Wildman–Crippen MR) is 170 cm³/mol. The summed E-state index contributed by atoms with van der Waals surface area (Å²) in [5, 5.41) is 16.8. The fourth-order valence-electron chi connectivity index (χ4n) is 4.50. The molecular formula is C33H50ClN3O6. The van der Waals surface area contributed by atoms with Crippen LogP contribution in [0.3, 0.4) is 0 Å². The average molecular weight is 620 g/mol. The van der Waals surface area contributed by atoms with Crippen molar-refractivity contribution < 1.29 is 28.9 Å². The summed E-state index contributed by atoms with van der Waals surface area (Å²) in [4.78, 5) is 26.3. The summed E-state index contributed by atoms with van der Waals surface area (Å²) in [6, 6.07) is 12.4. The monoisotopic (exact) mass is 619 g/mol. The van der Waals surface area contributed by atoms with Crippen molar-refractivity contribution in [3.8, 4) is 5.75 Å². The maximum absolute atomic E-state index is 13.3. The lowest BCUT2D eigenvalue weighted by atomic mass is 9.92. The minimum absolute atomic E-state index is 0.0867. The van der Waals surface area contributed by atoms with Crippen LogP contribution in [0.5, 0.6) is 5.75 Å². The van der Waals surface area contributed by atoms with Crippen LogP contribution < -0.4 is 21.1 Å². The molecule has 0 aliphatic heterocycles. The van der Waals surface area contributed by atoms with Gasteiger partial charge in [-0.3, -0.25) is 9.59 Å². The number of aliphatic hydroxyl groups excluding tert-OH is 1. The first kappa shape index (κ1) is 36.5. The molecule has 2 amide bonds. The summed E-state index contributed by atoms with van der Waals surface area (Å²) in [6.45, 7) is 9.57. The van der Waals surface area contributed by atoms with Gasteiger partial charge in [-0.15, -0.1) is 0 Å². The number of aryl methyl sites for hydroxylation is 1. The Kier molecular flexibility index (Phi) is 16.6. The van der Waals surface area contributed by atoms with E-state index in [-0.39, 0.29) is 30.4 Å². The molecule has 240 valence electrons. The zero-order valence-corrected chi connectivity index (χ0v) is 27.0. The Labute approximate surface area is 261 Å². The lowest BCUT2D eigenvalue weighted by Gasteiger charge is -2.27. The largest absolute Gasteiger partial charge is 0.492 e. The third kappa shape index (κ3) is 13.2. The van der Waals surface area contributed by atoms with E-state index in [1.807, 2.05) is 57.2 Å². The van der Waals surface area contributed by atoms with Crippen molar-refractivity contribution in [3.63, 3.8) is 0 Å². The van der Waals surface area contributed by atoms with Gasteiger partial charge >= 0.3 is 0 Å². The molecule has 0 bridgehead atoms. The molecule has 43 heavy (non-hydrogen) atoms. The van der Waals surface area contributed by atoms with Gasteiger partial charge in [-0.1, -0.05) is 67.8 Å². The maximum atomic E-state index is 13.3. The van der Waals surface area contributed by atoms with Gasteiger partial charge in [-0.05, 0) is 55.9 Å². The van der Waals surface area contributed by atoms with E-state index in [0.29, 0.717) is 56.4 Å². The van der Waals surface area contributed by atoms with Crippen LogP contribution in [0.15, 0.2) is 42.5 Å². The number of halogens is 1. The molecule has 0 saturated heterocycles. The third-order valence-electron chi connectivity index (χ3n) is 7.49. The number of aliphatic hydroxyl groups is 1. The highest BCUT2D eigenvalue weighted by molar-refractivity contribution is 6.32. The van der Waals surface area contributed by atoms with Gasteiger partial charge in [-0.25, -0.2) is 0 Å². The molecule has 0 saturated carbocycles. The van der Waals surface area contributed by atoms with E-state index in [2.05, 4.69) is 10.6 Å². The third-order valence-corrected chi connectivity index (χ3v) is 7.81. The highest BCUT2D eigenvalue weighted by Gasteiger charge is 2.31. The summed E-state index contributed by atoms with van der Waals surface area (Å²) in [7, 11) is 1.65.